The monoisotopic (exact) mass is 232 g/mol. The summed E-state index contributed by atoms with van der Waals surface area (Å²) in [5.41, 5.74) is 7.83. The first-order chi connectivity index (χ1) is 8.15. The first kappa shape index (κ1) is 12.2. The number of nitrogen functional groups attached to an aromatic ring is 1. The maximum absolute atomic E-state index is 5.70. The van der Waals surface area contributed by atoms with E-state index in [9.17, 15) is 0 Å². The summed E-state index contributed by atoms with van der Waals surface area (Å²) in [7, 11) is 0. The van der Waals surface area contributed by atoms with E-state index < -0.39 is 0 Å². The Morgan fingerprint density at radius 1 is 1.06 bits per heavy atom. The smallest absolute Gasteiger partial charge is 0.0368 e. The van der Waals surface area contributed by atoms with E-state index in [1.165, 1.54) is 11.6 Å². The van der Waals surface area contributed by atoms with Gasteiger partial charge in [-0.15, -0.1) is 0 Å². The molecule has 93 valence electrons. The molecule has 3 nitrogen and oxygen atoms in total. The van der Waals surface area contributed by atoms with Crippen LogP contribution in [0.15, 0.2) is 24.3 Å². The van der Waals surface area contributed by atoms with Crippen LogP contribution in [0.25, 0.3) is 0 Å². The van der Waals surface area contributed by atoms with Gasteiger partial charge >= 0.3 is 0 Å². The van der Waals surface area contributed by atoms with Crippen molar-refractivity contribution in [2.24, 2.45) is 0 Å². The minimum Gasteiger partial charge on any atom is -0.399 e. The Morgan fingerprint density at radius 2 is 1.65 bits per heavy atom. The molecule has 0 aliphatic carbocycles. The lowest BCUT2D eigenvalue weighted by molar-refractivity contribution is 0.267. The van der Waals surface area contributed by atoms with Crippen LogP contribution in [0.1, 0.15) is 13.8 Å². The highest BCUT2D eigenvalue weighted by Crippen LogP contribution is 2.18. The number of piperazine rings is 1. The normalized spacial score (nSPS) is 17.7. The van der Waals surface area contributed by atoms with Gasteiger partial charge in [-0.3, -0.25) is 4.90 Å². The van der Waals surface area contributed by atoms with Gasteiger partial charge in [0, 0.05) is 44.1 Å². The molecule has 0 saturated carbocycles. The van der Waals surface area contributed by atoms with Crippen LogP contribution in [0.4, 0.5) is 11.4 Å². The van der Waals surface area contributed by atoms with Gasteiger partial charge < -0.3 is 10.6 Å². The topological polar surface area (TPSA) is 32.5 Å². The predicted octanol–water partition coefficient (Wildman–Crippen LogP) is 2.01. The summed E-state index contributed by atoms with van der Waals surface area (Å²) in [6.07, 6.45) is 0. The second-order valence-electron chi connectivity index (χ2n) is 5.06. The largest absolute Gasteiger partial charge is 0.399 e. The maximum atomic E-state index is 5.70. The molecule has 1 aliphatic rings. The molecular weight excluding hydrogens is 210 g/mol. The zero-order valence-corrected chi connectivity index (χ0v) is 10.8. The SMILES string of the molecule is C[C](C)CN1CCN(c2ccc(N)cc2)CC1. The fraction of sp³-hybridized carbons (Fsp3) is 0.500. The number of nitrogens with zero attached hydrogens (tertiary/aromatic N) is 2. The highest BCUT2D eigenvalue weighted by molar-refractivity contribution is 5.53. The number of hydrogen-bond donors (Lipinski definition) is 1. The highest BCUT2D eigenvalue weighted by atomic mass is 15.3. The van der Waals surface area contributed by atoms with E-state index in [1.54, 1.807) is 0 Å². The van der Waals surface area contributed by atoms with E-state index in [2.05, 4.69) is 35.8 Å². The van der Waals surface area contributed by atoms with E-state index in [0.29, 0.717) is 0 Å². The zero-order valence-electron chi connectivity index (χ0n) is 10.8. The van der Waals surface area contributed by atoms with E-state index in [4.69, 9.17) is 5.73 Å². The first-order valence-corrected chi connectivity index (χ1v) is 6.27. The van der Waals surface area contributed by atoms with Gasteiger partial charge in [-0.2, -0.15) is 0 Å². The molecule has 3 heteroatoms. The van der Waals surface area contributed by atoms with Gasteiger partial charge in [-0.1, -0.05) is 13.8 Å². The second kappa shape index (κ2) is 5.41. The number of rotatable bonds is 3. The molecule has 1 saturated heterocycles. The van der Waals surface area contributed by atoms with E-state index in [1.807, 2.05) is 12.1 Å². The molecule has 1 fully saturated rings. The molecule has 0 unspecified atom stereocenters. The van der Waals surface area contributed by atoms with Crippen molar-refractivity contribution in [1.29, 1.82) is 0 Å². The molecule has 0 atom stereocenters. The molecule has 0 amide bonds. The van der Waals surface area contributed by atoms with Crippen molar-refractivity contribution in [2.45, 2.75) is 13.8 Å². The number of anilines is 2. The highest BCUT2D eigenvalue weighted by Gasteiger charge is 2.17. The first-order valence-electron chi connectivity index (χ1n) is 6.27. The third-order valence-corrected chi connectivity index (χ3v) is 3.17. The molecule has 1 aromatic rings. The predicted molar refractivity (Wildman–Crippen MR) is 74.1 cm³/mol. The number of nitrogens with two attached hydrogens (primary N) is 1. The van der Waals surface area contributed by atoms with Crippen molar-refractivity contribution < 1.29 is 0 Å². The van der Waals surface area contributed by atoms with Crippen LogP contribution < -0.4 is 10.6 Å². The van der Waals surface area contributed by atoms with E-state index in [0.717, 1.165) is 38.4 Å². The summed E-state index contributed by atoms with van der Waals surface area (Å²) in [4.78, 5) is 4.95. The van der Waals surface area contributed by atoms with Crippen LogP contribution in [0.5, 0.6) is 0 Å². The van der Waals surface area contributed by atoms with Gasteiger partial charge in [0.25, 0.3) is 0 Å². The molecule has 17 heavy (non-hydrogen) atoms. The second-order valence-corrected chi connectivity index (χ2v) is 5.06. The number of benzene rings is 1. The van der Waals surface area contributed by atoms with Crippen LogP contribution in [-0.2, 0) is 0 Å². The molecule has 1 aromatic carbocycles. The minimum atomic E-state index is 0.837. The van der Waals surface area contributed by atoms with Crippen LogP contribution in [0.3, 0.4) is 0 Å². The third-order valence-electron chi connectivity index (χ3n) is 3.17. The Kier molecular flexibility index (Phi) is 3.89. The summed E-state index contributed by atoms with van der Waals surface area (Å²) >= 11 is 0. The fourth-order valence-electron chi connectivity index (χ4n) is 2.30. The Labute approximate surface area is 104 Å². The molecule has 1 aliphatic heterocycles. The molecule has 2 rings (SSSR count). The van der Waals surface area contributed by atoms with Gasteiger partial charge in [0.05, 0.1) is 0 Å². The summed E-state index contributed by atoms with van der Waals surface area (Å²) in [5, 5.41) is 0. The molecule has 0 aromatic heterocycles. The van der Waals surface area contributed by atoms with Crippen molar-refractivity contribution in [3.8, 4) is 0 Å². The molecule has 1 radical (unpaired) electrons. The Bertz CT molecular complexity index is 337. The van der Waals surface area contributed by atoms with Crippen molar-refractivity contribution >= 4 is 11.4 Å². The molecule has 0 spiro atoms. The van der Waals surface area contributed by atoms with Crippen LogP contribution >= 0.6 is 0 Å². The fourth-order valence-corrected chi connectivity index (χ4v) is 2.30. The van der Waals surface area contributed by atoms with E-state index >= 15 is 0 Å². The quantitative estimate of drug-likeness (QED) is 0.809. The van der Waals surface area contributed by atoms with Crippen molar-refractivity contribution in [3.63, 3.8) is 0 Å². The molecular formula is C14H22N3. The van der Waals surface area contributed by atoms with Gasteiger partial charge in [-0.25, -0.2) is 0 Å². The Hall–Kier alpha value is -1.22. The lowest BCUT2D eigenvalue weighted by Gasteiger charge is -2.36. The van der Waals surface area contributed by atoms with Crippen molar-refractivity contribution in [3.05, 3.63) is 30.2 Å². The molecule has 0 bridgehead atoms. The lowest BCUT2D eigenvalue weighted by Crippen LogP contribution is -2.47. The standard InChI is InChI=1S/C14H22N3/c1-12(2)11-16-7-9-17(10-8-16)14-5-3-13(15)4-6-14/h3-6H,7-11,15H2,1-2H3. The van der Waals surface area contributed by atoms with Crippen LogP contribution in [0.2, 0.25) is 0 Å². The van der Waals surface area contributed by atoms with Gasteiger partial charge in [-0.05, 0) is 30.2 Å². The van der Waals surface area contributed by atoms with E-state index in [-0.39, 0.29) is 0 Å². The minimum absolute atomic E-state index is 0.837. The summed E-state index contributed by atoms with van der Waals surface area (Å²) in [5.74, 6) is 1.49. The summed E-state index contributed by atoms with van der Waals surface area (Å²) < 4.78 is 0. The summed E-state index contributed by atoms with van der Waals surface area (Å²) in [6, 6.07) is 8.18. The average molecular weight is 232 g/mol. The van der Waals surface area contributed by atoms with Gasteiger partial charge in [0.1, 0.15) is 0 Å². The van der Waals surface area contributed by atoms with Gasteiger partial charge in [0.2, 0.25) is 0 Å². The Balaban J connectivity index is 1.88. The molecule has 1 heterocycles. The molecule has 2 N–H and O–H groups in total. The van der Waals surface area contributed by atoms with Crippen molar-refractivity contribution in [2.75, 3.05) is 43.4 Å². The van der Waals surface area contributed by atoms with Crippen LogP contribution in [0, 0.1) is 5.92 Å². The lowest BCUT2D eigenvalue weighted by atomic mass is 10.2. The summed E-state index contributed by atoms with van der Waals surface area (Å²) in [6.45, 7) is 10.0. The zero-order chi connectivity index (χ0) is 12.3. The third kappa shape index (κ3) is 3.37. The van der Waals surface area contributed by atoms with Crippen molar-refractivity contribution in [1.82, 2.24) is 4.90 Å². The Morgan fingerprint density at radius 3 is 2.18 bits per heavy atom. The maximum Gasteiger partial charge on any atom is 0.0368 e. The van der Waals surface area contributed by atoms with Gasteiger partial charge in [0.15, 0.2) is 0 Å². The average Bonchev–Trinajstić information content (AvgIpc) is 2.30. The van der Waals surface area contributed by atoms with Crippen LogP contribution in [-0.4, -0.2) is 37.6 Å². The number of hydrogen-bond acceptors (Lipinski definition) is 3.